The average molecular weight is 348 g/mol. The van der Waals surface area contributed by atoms with Gasteiger partial charge in [0.1, 0.15) is 11.5 Å². The van der Waals surface area contributed by atoms with E-state index in [1.165, 1.54) is 12.0 Å². The Labute approximate surface area is 153 Å². The van der Waals surface area contributed by atoms with Crippen molar-refractivity contribution < 1.29 is 0 Å². The Morgan fingerprint density at radius 1 is 1.12 bits per heavy atom. The van der Waals surface area contributed by atoms with Crippen molar-refractivity contribution in [2.45, 2.75) is 12.8 Å². The van der Waals surface area contributed by atoms with E-state index in [2.05, 4.69) is 45.5 Å². The number of anilines is 1. The Morgan fingerprint density at radius 3 is 2.85 bits per heavy atom. The van der Waals surface area contributed by atoms with Gasteiger partial charge in [-0.25, -0.2) is 4.98 Å². The fourth-order valence-electron chi connectivity index (χ4n) is 3.61. The van der Waals surface area contributed by atoms with Crippen LogP contribution in [0.25, 0.3) is 5.65 Å². The number of fused-ring (bicyclic) bond motifs is 1. The topological polar surface area (TPSA) is 49.6 Å². The van der Waals surface area contributed by atoms with Gasteiger partial charge in [-0.15, -0.1) is 0 Å². The van der Waals surface area contributed by atoms with Gasteiger partial charge < -0.3 is 10.2 Å². The molecule has 1 aromatic carbocycles. The second-order valence-corrected chi connectivity index (χ2v) is 6.98. The van der Waals surface area contributed by atoms with E-state index in [9.17, 15) is 4.79 Å². The third kappa shape index (κ3) is 3.94. The van der Waals surface area contributed by atoms with E-state index in [1.807, 2.05) is 18.2 Å². The summed E-state index contributed by atoms with van der Waals surface area (Å²) in [5.41, 5.74) is 2.03. The normalized spacial score (nSPS) is 17.6. The third-order valence-electron chi connectivity index (χ3n) is 5.07. The van der Waals surface area contributed by atoms with Crippen LogP contribution >= 0.6 is 0 Å². The standard InChI is InChI=1S/C21H24N4O/c26-21-14-19(23-20-8-4-5-11-25(20)21)22-15-18-10-13-24(16-18)12-9-17-6-2-1-3-7-17/h1-8,11,14,18,22H,9-10,12-13,15-16H2. The molecule has 5 heteroatoms. The molecule has 0 aliphatic carbocycles. The number of hydrogen-bond acceptors (Lipinski definition) is 4. The maximum absolute atomic E-state index is 12.1. The van der Waals surface area contributed by atoms with E-state index in [1.54, 1.807) is 16.7 Å². The van der Waals surface area contributed by atoms with Gasteiger partial charge in [-0.3, -0.25) is 9.20 Å². The maximum Gasteiger partial charge on any atom is 0.259 e. The molecule has 26 heavy (non-hydrogen) atoms. The molecule has 5 nitrogen and oxygen atoms in total. The Bertz CT molecular complexity index is 922. The molecular formula is C21H24N4O. The highest BCUT2D eigenvalue weighted by molar-refractivity contribution is 5.46. The molecule has 1 unspecified atom stereocenters. The minimum absolute atomic E-state index is 0.0472. The number of nitrogens with zero attached hydrogens (tertiary/aromatic N) is 3. The molecule has 1 aliphatic rings. The van der Waals surface area contributed by atoms with Crippen molar-refractivity contribution in [3.05, 3.63) is 76.7 Å². The minimum Gasteiger partial charge on any atom is -0.370 e. The van der Waals surface area contributed by atoms with Crippen LogP contribution in [0.4, 0.5) is 5.82 Å². The van der Waals surface area contributed by atoms with E-state index in [0.29, 0.717) is 17.4 Å². The summed E-state index contributed by atoms with van der Waals surface area (Å²) >= 11 is 0. The average Bonchev–Trinajstić information content (AvgIpc) is 3.14. The van der Waals surface area contributed by atoms with Crippen LogP contribution in [0.3, 0.4) is 0 Å². The van der Waals surface area contributed by atoms with Crippen molar-refractivity contribution in [3.8, 4) is 0 Å². The summed E-state index contributed by atoms with van der Waals surface area (Å²) in [5.74, 6) is 1.27. The van der Waals surface area contributed by atoms with Gasteiger partial charge in [0, 0.05) is 31.9 Å². The van der Waals surface area contributed by atoms with E-state index in [4.69, 9.17) is 0 Å². The van der Waals surface area contributed by atoms with Crippen molar-refractivity contribution >= 4 is 11.5 Å². The number of pyridine rings is 1. The van der Waals surface area contributed by atoms with E-state index >= 15 is 0 Å². The van der Waals surface area contributed by atoms with Gasteiger partial charge >= 0.3 is 0 Å². The number of rotatable bonds is 6. The summed E-state index contributed by atoms with van der Waals surface area (Å²) < 4.78 is 1.56. The lowest BCUT2D eigenvalue weighted by Crippen LogP contribution is -2.25. The zero-order chi connectivity index (χ0) is 17.8. The fourth-order valence-corrected chi connectivity index (χ4v) is 3.61. The lowest BCUT2D eigenvalue weighted by atomic mass is 10.1. The van der Waals surface area contributed by atoms with Gasteiger partial charge in [0.05, 0.1) is 0 Å². The molecule has 1 atom stereocenters. The predicted molar refractivity (Wildman–Crippen MR) is 105 cm³/mol. The minimum atomic E-state index is -0.0472. The highest BCUT2D eigenvalue weighted by atomic mass is 16.1. The van der Waals surface area contributed by atoms with E-state index < -0.39 is 0 Å². The molecule has 1 fully saturated rings. The number of aromatic nitrogens is 2. The number of hydrogen-bond donors (Lipinski definition) is 1. The van der Waals surface area contributed by atoms with Crippen LogP contribution in [0.2, 0.25) is 0 Å². The van der Waals surface area contributed by atoms with Gasteiger partial charge in [-0.2, -0.15) is 0 Å². The first-order valence-electron chi connectivity index (χ1n) is 9.26. The molecule has 1 N–H and O–H groups in total. The van der Waals surface area contributed by atoms with E-state index in [-0.39, 0.29) is 5.56 Å². The zero-order valence-corrected chi connectivity index (χ0v) is 14.8. The van der Waals surface area contributed by atoms with Gasteiger partial charge in [-0.1, -0.05) is 36.4 Å². The summed E-state index contributed by atoms with van der Waals surface area (Å²) in [6.07, 6.45) is 4.04. The number of nitrogens with one attached hydrogen (secondary N) is 1. The lowest BCUT2D eigenvalue weighted by Gasteiger charge is -2.16. The molecule has 4 rings (SSSR count). The molecule has 3 heterocycles. The monoisotopic (exact) mass is 348 g/mol. The third-order valence-corrected chi connectivity index (χ3v) is 5.07. The SMILES string of the molecule is O=c1cc(NCC2CCN(CCc3ccccc3)C2)nc2ccccn12. The van der Waals surface area contributed by atoms with Crippen molar-refractivity contribution in [3.63, 3.8) is 0 Å². The second-order valence-electron chi connectivity index (χ2n) is 6.98. The molecule has 2 aromatic heterocycles. The molecule has 0 spiro atoms. The highest BCUT2D eigenvalue weighted by Gasteiger charge is 2.22. The van der Waals surface area contributed by atoms with Crippen molar-refractivity contribution in [1.82, 2.24) is 14.3 Å². The molecule has 0 radical (unpaired) electrons. The first-order valence-corrected chi connectivity index (χ1v) is 9.26. The summed E-state index contributed by atoms with van der Waals surface area (Å²) in [6, 6.07) is 17.8. The molecule has 134 valence electrons. The molecule has 1 aliphatic heterocycles. The van der Waals surface area contributed by atoms with Crippen LogP contribution in [-0.4, -0.2) is 40.5 Å². The van der Waals surface area contributed by atoms with Gasteiger partial charge in [0.2, 0.25) is 0 Å². The van der Waals surface area contributed by atoms with Crippen LogP contribution in [0.5, 0.6) is 0 Å². The number of likely N-dealkylation sites (tertiary alicyclic amines) is 1. The van der Waals surface area contributed by atoms with Crippen LogP contribution < -0.4 is 10.9 Å². The van der Waals surface area contributed by atoms with Crippen molar-refractivity contribution in [1.29, 1.82) is 0 Å². The zero-order valence-electron chi connectivity index (χ0n) is 14.8. The predicted octanol–water partition coefficient (Wildman–Crippen LogP) is 2.67. The second kappa shape index (κ2) is 7.70. The summed E-state index contributed by atoms with van der Waals surface area (Å²) in [6.45, 7) is 4.22. The van der Waals surface area contributed by atoms with Crippen molar-refractivity contribution in [2.75, 3.05) is 31.5 Å². The molecular weight excluding hydrogens is 324 g/mol. The first-order chi connectivity index (χ1) is 12.8. The van der Waals surface area contributed by atoms with Crippen LogP contribution in [0, 0.1) is 5.92 Å². The van der Waals surface area contributed by atoms with Gasteiger partial charge in [-0.05, 0) is 43.0 Å². The molecule has 1 saturated heterocycles. The summed E-state index contributed by atoms with van der Waals surface area (Å²) in [5, 5.41) is 3.36. The van der Waals surface area contributed by atoms with Crippen LogP contribution in [0.1, 0.15) is 12.0 Å². The Hall–Kier alpha value is -2.66. The summed E-state index contributed by atoms with van der Waals surface area (Å²) in [4.78, 5) is 19.2. The van der Waals surface area contributed by atoms with Crippen LogP contribution in [0.15, 0.2) is 65.6 Å². The highest BCUT2D eigenvalue weighted by Crippen LogP contribution is 2.17. The summed E-state index contributed by atoms with van der Waals surface area (Å²) in [7, 11) is 0. The molecule has 0 bridgehead atoms. The maximum atomic E-state index is 12.1. The molecule has 3 aromatic rings. The Morgan fingerprint density at radius 2 is 1.96 bits per heavy atom. The molecule has 0 amide bonds. The van der Waals surface area contributed by atoms with Gasteiger partial charge in [0.25, 0.3) is 5.56 Å². The fraction of sp³-hybridized carbons (Fsp3) is 0.333. The molecule has 0 saturated carbocycles. The quantitative estimate of drug-likeness (QED) is 0.744. The van der Waals surface area contributed by atoms with Crippen molar-refractivity contribution in [2.24, 2.45) is 5.92 Å². The van der Waals surface area contributed by atoms with E-state index in [0.717, 1.165) is 32.6 Å². The Balaban J connectivity index is 1.30. The lowest BCUT2D eigenvalue weighted by molar-refractivity contribution is 0.330. The first kappa shape index (κ1) is 16.8. The Kier molecular flexibility index (Phi) is 4.97. The van der Waals surface area contributed by atoms with Gasteiger partial charge in [0.15, 0.2) is 0 Å². The largest absolute Gasteiger partial charge is 0.370 e. The number of benzene rings is 1. The smallest absolute Gasteiger partial charge is 0.259 e. The van der Waals surface area contributed by atoms with Crippen LogP contribution in [-0.2, 0) is 6.42 Å².